The third-order valence-electron chi connectivity index (χ3n) is 2.77. The molecule has 1 atom stereocenters. The number of aliphatic hydroxyl groups is 1. The standard InChI is InChI=1S/C12H13ClNO2/c1-8(4-5-15)14-11-3-2-10(13)6-9(11)7-12(14)16/h2-4,6,8,15H,5,7H2,1H3. The van der Waals surface area contributed by atoms with Gasteiger partial charge in [0.05, 0.1) is 6.42 Å². The summed E-state index contributed by atoms with van der Waals surface area (Å²) in [6.45, 7) is 1.85. The van der Waals surface area contributed by atoms with Gasteiger partial charge in [-0.25, -0.2) is 0 Å². The van der Waals surface area contributed by atoms with Crippen LogP contribution in [0, 0.1) is 6.42 Å². The number of carbonyl (C=O) groups excluding carboxylic acids is 1. The third-order valence-corrected chi connectivity index (χ3v) is 3.00. The van der Waals surface area contributed by atoms with Gasteiger partial charge in [0.1, 0.15) is 0 Å². The number of nitrogens with zero attached hydrogens (tertiary/aromatic N) is 1. The Morgan fingerprint density at radius 3 is 3.06 bits per heavy atom. The van der Waals surface area contributed by atoms with E-state index in [4.69, 9.17) is 16.7 Å². The fourth-order valence-corrected chi connectivity index (χ4v) is 2.21. The molecule has 0 fully saturated rings. The Morgan fingerprint density at radius 1 is 1.62 bits per heavy atom. The summed E-state index contributed by atoms with van der Waals surface area (Å²) in [5.41, 5.74) is 1.85. The lowest BCUT2D eigenvalue weighted by Crippen LogP contribution is -2.36. The molecular weight excluding hydrogens is 226 g/mol. The molecule has 1 aromatic carbocycles. The van der Waals surface area contributed by atoms with E-state index in [0.29, 0.717) is 11.4 Å². The molecule has 3 nitrogen and oxygen atoms in total. The van der Waals surface area contributed by atoms with E-state index in [-0.39, 0.29) is 18.6 Å². The summed E-state index contributed by atoms with van der Waals surface area (Å²) in [4.78, 5) is 13.5. The minimum atomic E-state index is -0.0973. The van der Waals surface area contributed by atoms with Gasteiger partial charge in [-0.15, -0.1) is 0 Å². The maximum Gasteiger partial charge on any atom is 0.231 e. The predicted octanol–water partition coefficient (Wildman–Crippen LogP) is 1.81. The van der Waals surface area contributed by atoms with Crippen molar-refractivity contribution < 1.29 is 9.90 Å². The van der Waals surface area contributed by atoms with Crippen LogP contribution in [0.3, 0.4) is 0 Å². The fourth-order valence-electron chi connectivity index (χ4n) is 2.02. The van der Waals surface area contributed by atoms with Gasteiger partial charge in [0.2, 0.25) is 5.91 Å². The van der Waals surface area contributed by atoms with E-state index >= 15 is 0 Å². The summed E-state index contributed by atoms with van der Waals surface area (Å²) in [7, 11) is 0. The highest BCUT2D eigenvalue weighted by molar-refractivity contribution is 6.30. The van der Waals surface area contributed by atoms with Crippen molar-refractivity contribution in [3.63, 3.8) is 0 Å². The first-order valence-electron chi connectivity index (χ1n) is 5.18. The summed E-state index contributed by atoms with van der Waals surface area (Å²) in [5.74, 6) is 0.0504. The highest BCUT2D eigenvalue weighted by Gasteiger charge is 2.30. The number of benzene rings is 1. The average Bonchev–Trinajstić information content (AvgIpc) is 2.53. The first-order chi connectivity index (χ1) is 7.63. The van der Waals surface area contributed by atoms with Crippen molar-refractivity contribution in [2.24, 2.45) is 0 Å². The summed E-state index contributed by atoms with van der Waals surface area (Å²) >= 11 is 5.88. The largest absolute Gasteiger partial charge is 0.396 e. The highest BCUT2D eigenvalue weighted by Crippen LogP contribution is 2.32. The van der Waals surface area contributed by atoms with Crippen LogP contribution < -0.4 is 4.90 Å². The van der Waals surface area contributed by atoms with Crippen LogP contribution in [0.15, 0.2) is 18.2 Å². The molecule has 1 heterocycles. The molecule has 0 spiro atoms. The topological polar surface area (TPSA) is 40.5 Å². The van der Waals surface area contributed by atoms with Crippen molar-refractivity contribution in [3.8, 4) is 0 Å². The Balaban J connectivity index is 2.32. The second-order valence-corrected chi connectivity index (χ2v) is 4.31. The molecule has 1 unspecified atom stereocenters. The van der Waals surface area contributed by atoms with Gasteiger partial charge >= 0.3 is 0 Å². The molecule has 0 bridgehead atoms. The lowest BCUT2D eigenvalue weighted by molar-refractivity contribution is -0.117. The van der Waals surface area contributed by atoms with E-state index in [9.17, 15) is 4.79 Å². The van der Waals surface area contributed by atoms with E-state index in [1.165, 1.54) is 0 Å². The number of hydrogen-bond donors (Lipinski definition) is 1. The Kier molecular flexibility index (Phi) is 3.17. The molecule has 1 aliphatic rings. The van der Waals surface area contributed by atoms with Gasteiger partial charge < -0.3 is 10.0 Å². The average molecular weight is 239 g/mol. The number of rotatable bonds is 3. The fraction of sp³-hybridized carbons (Fsp3) is 0.333. The molecule has 0 saturated carbocycles. The molecule has 0 aliphatic carbocycles. The van der Waals surface area contributed by atoms with E-state index in [1.807, 2.05) is 19.1 Å². The Morgan fingerprint density at radius 2 is 2.38 bits per heavy atom. The maximum atomic E-state index is 11.8. The number of aliphatic hydroxyl groups excluding tert-OH is 1. The van der Waals surface area contributed by atoms with Crippen molar-refractivity contribution in [2.75, 3.05) is 11.5 Å². The first kappa shape index (κ1) is 11.4. The van der Waals surface area contributed by atoms with Crippen LogP contribution in [-0.4, -0.2) is 23.7 Å². The van der Waals surface area contributed by atoms with Gasteiger partial charge in [0.15, 0.2) is 0 Å². The Labute approximate surface area is 99.6 Å². The summed E-state index contributed by atoms with van der Waals surface area (Å²) in [5, 5.41) is 9.51. The molecule has 1 radical (unpaired) electrons. The Hall–Kier alpha value is -1.06. The summed E-state index contributed by atoms with van der Waals surface area (Å²) < 4.78 is 0. The molecule has 1 N–H and O–H groups in total. The molecule has 85 valence electrons. The maximum absolute atomic E-state index is 11.8. The monoisotopic (exact) mass is 238 g/mol. The minimum Gasteiger partial charge on any atom is -0.396 e. The molecule has 0 saturated heterocycles. The quantitative estimate of drug-likeness (QED) is 0.873. The van der Waals surface area contributed by atoms with Crippen LogP contribution in [0.1, 0.15) is 12.5 Å². The second-order valence-electron chi connectivity index (χ2n) is 3.87. The van der Waals surface area contributed by atoms with Gasteiger partial charge in [-0.05, 0) is 30.7 Å². The normalized spacial score (nSPS) is 16.4. The van der Waals surface area contributed by atoms with E-state index in [1.54, 1.807) is 17.4 Å². The van der Waals surface area contributed by atoms with Gasteiger partial charge in [0, 0.05) is 29.8 Å². The molecular formula is C12H13ClNO2. The zero-order valence-electron chi connectivity index (χ0n) is 8.98. The Bertz CT molecular complexity index is 419. The van der Waals surface area contributed by atoms with Crippen molar-refractivity contribution in [2.45, 2.75) is 19.4 Å². The van der Waals surface area contributed by atoms with Crippen LogP contribution in [0.5, 0.6) is 0 Å². The molecule has 1 amide bonds. The molecule has 1 aliphatic heterocycles. The van der Waals surface area contributed by atoms with E-state index in [2.05, 4.69) is 0 Å². The molecule has 4 heteroatoms. The van der Waals surface area contributed by atoms with E-state index < -0.39 is 0 Å². The zero-order valence-corrected chi connectivity index (χ0v) is 9.74. The predicted molar refractivity (Wildman–Crippen MR) is 63.5 cm³/mol. The van der Waals surface area contributed by atoms with Gasteiger partial charge in [-0.2, -0.15) is 0 Å². The number of halogens is 1. The number of carbonyl (C=O) groups is 1. The summed E-state index contributed by atoms with van der Waals surface area (Å²) in [6, 6.07) is 5.35. The lowest BCUT2D eigenvalue weighted by Gasteiger charge is -2.24. The van der Waals surface area contributed by atoms with Crippen molar-refractivity contribution in [1.29, 1.82) is 0 Å². The number of hydrogen-bond acceptors (Lipinski definition) is 2. The van der Waals surface area contributed by atoms with Gasteiger partial charge in [-0.1, -0.05) is 11.6 Å². The highest BCUT2D eigenvalue weighted by atomic mass is 35.5. The minimum absolute atomic E-state index is 0.0339. The molecule has 1 aromatic rings. The van der Waals surface area contributed by atoms with Gasteiger partial charge in [0.25, 0.3) is 0 Å². The lowest BCUT2D eigenvalue weighted by atomic mass is 10.1. The molecule has 0 aromatic heterocycles. The van der Waals surface area contributed by atoms with Crippen molar-refractivity contribution in [3.05, 3.63) is 35.2 Å². The SMILES string of the molecule is CC([CH]CO)N1C(=O)Cc2cc(Cl)ccc21. The number of fused-ring (bicyclic) bond motifs is 1. The second kappa shape index (κ2) is 4.44. The zero-order chi connectivity index (χ0) is 11.7. The van der Waals surface area contributed by atoms with Crippen molar-refractivity contribution in [1.82, 2.24) is 0 Å². The third kappa shape index (κ3) is 1.93. The summed E-state index contributed by atoms with van der Waals surface area (Å²) in [6.07, 6.45) is 2.08. The van der Waals surface area contributed by atoms with Crippen molar-refractivity contribution >= 4 is 23.2 Å². The number of amides is 1. The van der Waals surface area contributed by atoms with Crippen LogP contribution in [0.4, 0.5) is 5.69 Å². The van der Waals surface area contributed by atoms with Crippen LogP contribution in [-0.2, 0) is 11.2 Å². The molecule has 2 rings (SSSR count). The smallest absolute Gasteiger partial charge is 0.231 e. The molecule has 16 heavy (non-hydrogen) atoms. The van der Waals surface area contributed by atoms with Gasteiger partial charge in [-0.3, -0.25) is 4.79 Å². The van der Waals surface area contributed by atoms with Crippen LogP contribution in [0.25, 0.3) is 0 Å². The van der Waals surface area contributed by atoms with Crippen LogP contribution >= 0.6 is 11.6 Å². The first-order valence-corrected chi connectivity index (χ1v) is 5.56. The van der Waals surface area contributed by atoms with E-state index in [0.717, 1.165) is 11.3 Å². The number of anilines is 1. The van der Waals surface area contributed by atoms with Crippen LogP contribution in [0.2, 0.25) is 5.02 Å².